The smallest absolute Gasteiger partial charge is 0.335 e. The van der Waals surface area contributed by atoms with Gasteiger partial charge in [0.1, 0.15) is 5.82 Å². The number of halogens is 3. The van der Waals surface area contributed by atoms with Crippen LogP contribution in [0.5, 0.6) is 0 Å². The molecule has 0 saturated carbocycles. The van der Waals surface area contributed by atoms with Crippen LogP contribution >= 0.6 is 23.2 Å². The van der Waals surface area contributed by atoms with E-state index in [4.69, 9.17) is 27.9 Å². The molecule has 6 nitrogen and oxygen atoms in total. The Morgan fingerprint density at radius 3 is 2.34 bits per heavy atom. The second kappa shape index (κ2) is 10.5. The number of nitrogens with zero attached hydrogens (tertiary/aromatic N) is 2. The average molecular weight is 477 g/mol. The van der Waals surface area contributed by atoms with Gasteiger partial charge in [0.2, 0.25) is 0 Å². The summed E-state index contributed by atoms with van der Waals surface area (Å²) in [6, 6.07) is 12.3. The van der Waals surface area contributed by atoms with E-state index >= 15 is 0 Å². The Kier molecular flexibility index (Phi) is 7.80. The minimum absolute atomic E-state index is 0.0207. The highest BCUT2D eigenvalue weighted by atomic mass is 35.5. The largest absolute Gasteiger partial charge is 0.478 e. The molecule has 0 unspecified atom stereocenters. The van der Waals surface area contributed by atoms with Crippen LogP contribution in [-0.4, -0.2) is 34.0 Å². The quantitative estimate of drug-likeness (QED) is 0.482. The van der Waals surface area contributed by atoms with Gasteiger partial charge in [-0.3, -0.25) is 9.78 Å². The number of carboxylic acid groups (broad SMARTS) is 1. The molecule has 0 fully saturated rings. The summed E-state index contributed by atoms with van der Waals surface area (Å²) in [5.41, 5.74) is 0.890. The second-order valence-electron chi connectivity index (χ2n) is 6.98. The molecule has 32 heavy (non-hydrogen) atoms. The Labute approximate surface area is 194 Å². The Balaban J connectivity index is 2.04. The molecule has 0 radical (unpaired) electrons. The van der Waals surface area contributed by atoms with Crippen molar-refractivity contribution >= 4 is 35.1 Å². The molecular formula is C23H19Cl2FN2O4. The zero-order valence-electron chi connectivity index (χ0n) is 17.0. The Bertz CT molecular complexity index is 1070. The van der Waals surface area contributed by atoms with Crippen molar-refractivity contribution in [3.8, 4) is 0 Å². The van der Waals surface area contributed by atoms with Crippen LogP contribution in [0, 0.1) is 5.82 Å². The van der Waals surface area contributed by atoms with E-state index in [1.54, 1.807) is 36.4 Å². The van der Waals surface area contributed by atoms with Gasteiger partial charge in [-0.25, -0.2) is 9.18 Å². The minimum atomic E-state index is -1.34. The lowest BCUT2D eigenvalue weighted by Gasteiger charge is -2.24. The van der Waals surface area contributed by atoms with Gasteiger partial charge in [-0.05, 0) is 42.0 Å². The summed E-state index contributed by atoms with van der Waals surface area (Å²) in [6.07, 6.45) is 1.46. The summed E-state index contributed by atoms with van der Waals surface area (Å²) in [7, 11) is 1.36. The van der Waals surface area contributed by atoms with Crippen LogP contribution in [0.4, 0.5) is 4.39 Å². The zero-order chi connectivity index (χ0) is 23.3. The maximum Gasteiger partial charge on any atom is 0.335 e. The van der Waals surface area contributed by atoms with Crippen molar-refractivity contribution in [2.75, 3.05) is 7.11 Å². The third-order valence-electron chi connectivity index (χ3n) is 4.68. The van der Waals surface area contributed by atoms with E-state index in [-0.39, 0.29) is 36.4 Å². The Morgan fingerprint density at radius 1 is 1.06 bits per heavy atom. The van der Waals surface area contributed by atoms with Gasteiger partial charge in [0.05, 0.1) is 29.4 Å². The maximum atomic E-state index is 14.7. The number of methoxy groups -OCH3 is 1. The van der Waals surface area contributed by atoms with Gasteiger partial charge < -0.3 is 14.7 Å². The molecule has 1 N–H and O–H groups in total. The van der Waals surface area contributed by atoms with Crippen LogP contribution in [0.25, 0.3) is 0 Å². The average Bonchev–Trinajstić information content (AvgIpc) is 2.77. The Morgan fingerprint density at radius 2 is 1.75 bits per heavy atom. The number of pyridine rings is 1. The van der Waals surface area contributed by atoms with Crippen LogP contribution in [0.15, 0.2) is 54.7 Å². The minimum Gasteiger partial charge on any atom is -0.478 e. The number of rotatable bonds is 8. The number of ether oxygens (including phenoxy) is 1. The van der Waals surface area contributed by atoms with Gasteiger partial charge in [-0.1, -0.05) is 35.3 Å². The first-order chi connectivity index (χ1) is 15.3. The fourth-order valence-corrected chi connectivity index (χ4v) is 3.36. The highest BCUT2D eigenvalue weighted by Gasteiger charge is 2.24. The lowest BCUT2D eigenvalue weighted by Crippen LogP contribution is -2.32. The van der Waals surface area contributed by atoms with Gasteiger partial charge in [0.25, 0.3) is 5.91 Å². The fraction of sp³-hybridized carbons (Fsp3) is 0.174. The molecule has 2 aromatic carbocycles. The van der Waals surface area contributed by atoms with E-state index in [9.17, 15) is 19.1 Å². The van der Waals surface area contributed by atoms with Gasteiger partial charge in [0, 0.05) is 36.0 Å². The molecule has 166 valence electrons. The predicted molar refractivity (Wildman–Crippen MR) is 118 cm³/mol. The van der Waals surface area contributed by atoms with Crippen molar-refractivity contribution in [1.29, 1.82) is 0 Å². The number of benzene rings is 2. The van der Waals surface area contributed by atoms with Crippen molar-refractivity contribution < 1.29 is 23.8 Å². The van der Waals surface area contributed by atoms with E-state index in [2.05, 4.69) is 4.98 Å². The molecule has 0 spiro atoms. The van der Waals surface area contributed by atoms with Crippen molar-refractivity contribution in [2.24, 2.45) is 0 Å². The predicted octanol–water partition coefficient (Wildman–Crippen LogP) is 5.21. The molecule has 0 aliphatic heterocycles. The van der Waals surface area contributed by atoms with Crippen LogP contribution in [0.2, 0.25) is 10.0 Å². The summed E-state index contributed by atoms with van der Waals surface area (Å²) in [5, 5.41) is 10.3. The number of hydrogen-bond donors (Lipinski definition) is 1. The molecule has 1 amide bonds. The highest BCUT2D eigenvalue weighted by Crippen LogP contribution is 2.23. The first kappa shape index (κ1) is 23.7. The molecule has 9 heteroatoms. The number of amides is 1. The maximum absolute atomic E-state index is 14.7. The summed E-state index contributed by atoms with van der Waals surface area (Å²) in [4.78, 5) is 30.7. The molecule has 1 heterocycles. The molecule has 0 atom stereocenters. The summed E-state index contributed by atoms with van der Waals surface area (Å²) < 4.78 is 19.7. The third kappa shape index (κ3) is 5.82. The number of carbonyl (C=O) groups is 2. The first-order valence-corrected chi connectivity index (χ1v) is 10.2. The van der Waals surface area contributed by atoms with E-state index in [0.717, 1.165) is 17.7 Å². The number of carboxylic acids is 1. The Hall–Kier alpha value is -3.00. The first-order valence-electron chi connectivity index (χ1n) is 9.47. The number of aromatic carboxylic acids is 1. The highest BCUT2D eigenvalue weighted by molar-refractivity contribution is 6.30. The lowest BCUT2D eigenvalue weighted by atomic mass is 10.0. The van der Waals surface area contributed by atoms with Crippen LogP contribution in [0.3, 0.4) is 0 Å². The van der Waals surface area contributed by atoms with Crippen molar-refractivity contribution in [3.05, 3.63) is 98.5 Å². The lowest BCUT2D eigenvalue weighted by molar-refractivity contribution is 0.0696. The second-order valence-corrected chi connectivity index (χ2v) is 7.85. The number of aromatic nitrogens is 1. The van der Waals surface area contributed by atoms with Crippen LogP contribution in [-0.2, 0) is 24.4 Å². The van der Waals surface area contributed by atoms with Crippen molar-refractivity contribution in [2.45, 2.75) is 19.7 Å². The molecule has 3 rings (SSSR count). The van der Waals surface area contributed by atoms with Crippen molar-refractivity contribution in [1.82, 2.24) is 9.88 Å². The standard InChI is InChI=1S/C23H19Cl2FN2O4/c1-32-13-20-19(8-15(23(30)31)9-21(20)26)22(29)28(11-14-2-4-16(24)5-3-14)12-18-7-6-17(25)10-27-18/h2-10H,11-13H2,1H3,(H,30,31). The van der Waals surface area contributed by atoms with Crippen LogP contribution in [0.1, 0.15) is 37.5 Å². The van der Waals surface area contributed by atoms with Gasteiger partial charge in [0.15, 0.2) is 0 Å². The number of hydrogen-bond acceptors (Lipinski definition) is 4. The third-order valence-corrected chi connectivity index (χ3v) is 5.15. The molecule has 0 saturated heterocycles. The van der Waals surface area contributed by atoms with Gasteiger partial charge in [-0.2, -0.15) is 0 Å². The molecule has 0 bridgehead atoms. The zero-order valence-corrected chi connectivity index (χ0v) is 18.5. The van der Waals surface area contributed by atoms with Gasteiger partial charge in [-0.15, -0.1) is 0 Å². The monoisotopic (exact) mass is 476 g/mol. The molecular weight excluding hydrogens is 458 g/mol. The molecule has 3 aromatic rings. The SMILES string of the molecule is COCc1c(F)cc(C(=O)O)cc1C(=O)N(Cc1ccc(Cl)cc1)Cc1ccc(Cl)cn1. The van der Waals surface area contributed by atoms with Crippen molar-refractivity contribution in [3.63, 3.8) is 0 Å². The molecule has 1 aromatic heterocycles. The van der Waals surface area contributed by atoms with E-state index in [1.807, 2.05) is 0 Å². The summed E-state index contributed by atoms with van der Waals surface area (Å²) in [6.45, 7) is 0.0520. The fourth-order valence-electron chi connectivity index (χ4n) is 3.12. The molecule has 0 aliphatic rings. The van der Waals surface area contributed by atoms with Crippen LogP contribution < -0.4 is 0 Å². The molecule has 0 aliphatic carbocycles. The topological polar surface area (TPSA) is 79.7 Å². The number of carbonyl (C=O) groups excluding carboxylic acids is 1. The normalized spacial score (nSPS) is 10.8. The summed E-state index contributed by atoms with van der Waals surface area (Å²) >= 11 is 11.9. The summed E-state index contributed by atoms with van der Waals surface area (Å²) in [5.74, 6) is -2.73. The van der Waals surface area contributed by atoms with E-state index in [0.29, 0.717) is 15.7 Å². The van der Waals surface area contributed by atoms with E-state index < -0.39 is 17.7 Å². The van der Waals surface area contributed by atoms with E-state index in [1.165, 1.54) is 18.2 Å². The van der Waals surface area contributed by atoms with Gasteiger partial charge >= 0.3 is 5.97 Å².